The van der Waals surface area contributed by atoms with Gasteiger partial charge in [0, 0.05) is 29.0 Å². The second kappa shape index (κ2) is 12.8. The lowest BCUT2D eigenvalue weighted by Gasteiger charge is -2.27. The molecule has 2 fully saturated rings. The van der Waals surface area contributed by atoms with Crippen LogP contribution >= 0.6 is 11.8 Å². The predicted octanol–water partition coefficient (Wildman–Crippen LogP) is 7.92. The van der Waals surface area contributed by atoms with Crippen LogP contribution in [0.5, 0.6) is 5.75 Å². The summed E-state index contributed by atoms with van der Waals surface area (Å²) in [6, 6.07) is 7.97. The lowest BCUT2D eigenvalue weighted by molar-refractivity contribution is -0.163. The first-order valence-electron chi connectivity index (χ1n) is 13.3. The average Bonchev–Trinajstić information content (AvgIpc) is 2.91. The molecule has 1 amide bonds. The third-order valence-corrected chi connectivity index (χ3v) is 8.25. The monoisotopic (exact) mass is 601 g/mol. The highest BCUT2D eigenvalue weighted by atomic mass is 32.2. The Bertz CT molecular complexity index is 1280. The highest BCUT2D eigenvalue weighted by molar-refractivity contribution is 7.99. The molecule has 41 heavy (non-hydrogen) atoms. The molecule has 0 spiro atoms. The molecule has 1 aliphatic heterocycles. The first kappa shape index (κ1) is 30.8. The summed E-state index contributed by atoms with van der Waals surface area (Å²) < 4.78 is 91.0. The van der Waals surface area contributed by atoms with E-state index in [0.717, 1.165) is 43.5 Å². The van der Waals surface area contributed by atoms with Gasteiger partial charge in [-0.15, -0.1) is 0 Å². The number of rotatable bonds is 7. The van der Waals surface area contributed by atoms with Gasteiger partial charge in [-0.25, -0.2) is 0 Å². The molecule has 1 N–H and O–H groups in total. The molecule has 0 bridgehead atoms. The molecule has 4 rings (SSSR count). The van der Waals surface area contributed by atoms with Gasteiger partial charge in [0.15, 0.2) is 0 Å². The summed E-state index contributed by atoms with van der Waals surface area (Å²) in [6.07, 6.45) is -4.92. The summed E-state index contributed by atoms with van der Waals surface area (Å²) in [7, 11) is 0. The molecule has 1 aliphatic carbocycles. The summed E-state index contributed by atoms with van der Waals surface area (Å²) >= 11 is 0.531. The molecule has 2 aromatic carbocycles. The maximum atomic E-state index is 14.2. The Balaban J connectivity index is 1.60. The van der Waals surface area contributed by atoms with Crippen molar-refractivity contribution < 1.29 is 45.8 Å². The van der Waals surface area contributed by atoms with Crippen LogP contribution in [0.4, 0.5) is 26.3 Å². The van der Waals surface area contributed by atoms with Crippen LogP contribution in [-0.4, -0.2) is 41.1 Å². The number of halogens is 6. The molecular weight excluding hydrogens is 572 g/mol. The number of ether oxygens (including phenoxy) is 1. The lowest BCUT2D eigenvalue weighted by atomic mass is 9.87. The van der Waals surface area contributed by atoms with E-state index < -0.39 is 51.7 Å². The van der Waals surface area contributed by atoms with Crippen LogP contribution in [0.2, 0.25) is 0 Å². The molecule has 0 atom stereocenters. The molecule has 0 radical (unpaired) electrons. The average molecular weight is 602 g/mol. The fraction of sp³-hybridized carbons (Fsp3) is 0.448. The van der Waals surface area contributed by atoms with Gasteiger partial charge in [-0.05, 0) is 80.9 Å². The van der Waals surface area contributed by atoms with Gasteiger partial charge in [0.2, 0.25) is 5.91 Å². The Morgan fingerprint density at radius 3 is 2.17 bits per heavy atom. The highest BCUT2D eigenvalue weighted by Gasteiger charge is 2.46. The Hall–Kier alpha value is -3.15. The SMILES string of the molecule is O=C(/C=C/c1ccc(Sc2cccc(O[C@H]3CC[C@@H](C(=O)O)CC3)c2)c(C(F)(F)F)c1C(F)(F)F)N1CCCCC1. The maximum absolute atomic E-state index is 14.2. The minimum atomic E-state index is -5.34. The number of carboxylic acids is 1. The molecule has 0 aromatic heterocycles. The normalized spacial score (nSPS) is 20.3. The van der Waals surface area contributed by atoms with Crippen molar-refractivity contribution in [2.45, 2.75) is 73.2 Å². The van der Waals surface area contributed by atoms with Crippen molar-refractivity contribution in [1.82, 2.24) is 4.90 Å². The third kappa shape index (κ3) is 7.99. The molecule has 1 saturated carbocycles. The zero-order chi connectivity index (χ0) is 29.8. The van der Waals surface area contributed by atoms with E-state index in [1.165, 1.54) is 23.1 Å². The van der Waals surface area contributed by atoms with E-state index in [1.807, 2.05) is 0 Å². The van der Waals surface area contributed by atoms with E-state index in [2.05, 4.69) is 0 Å². The predicted molar refractivity (Wildman–Crippen MR) is 140 cm³/mol. The van der Waals surface area contributed by atoms with E-state index in [4.69, 9.17) is 9.84 Å². The zero-order valence-electron chi connectivity index (χ0n) is 21.9. The van der Waals surface area contributed by atoms with Gasteiger partial charge < -0.3 is 14.7 Å². The van der Waals surface area contributed by atoms with Crippen LogP contribution in [0.1, 0.15) is 61.6 Å². The van der Waals surface area contributed by atoms with Gasteiger partial charge in [0.25, 0.3) is 0 Å². The Morgan fingerprint density at radius 2 is 1.56 bits per heavy atom. The second-order valence-corrected chi connectivity index (χ2v) is 11.2. The fourth-order valence-corrected chi connectivity index (χ4v) is 6.18. The van der Waals surface area contributed by atoms with Crippen molar-refractivity contribution in [3.63, 3.8) is 0 Å². The van der Waals surface area contributed by atoms with Gasteiger partial charge in [-0.1, -0.05) is 23.9 Å². The summed E-state index contributed by atoms with van der Waals surface area (Å²) in [5, 5.41) is 9.15. The number of hydrogen-bond donors (Lipinski definition) is 1. The van der Waals surface area contributed by atoms with Crippen LogP contribution in [0.3, 0.4) is 0 Å². The molecule has 2 aliphatic rings. The van der Waals surface area contributed by atoms with Crippen molar-refractivity contribution in [2.24, 2.45) is 5.92 Å². The smallest absolute Gasteiger partial charge is 0.418 e. The van der Waals surface area contributed by atoms with Crippen molar-refractivity contribution in [2.75, 3.05) is 13.1 Å². The van der Waals surface area contributed by atoms with Gasteiger partial charge in [0.05, 0.1) is 23.1 Å². The number of carboxylic acid groups (broad SMARTS) is 1. The van der Waals surface area contributed by atoms with Crippen LogP contribution in [0.15, 0.2) is 52.3 Å². The number of piperidine rings is 1. The molecule has 12 heteroatoms. The van der Waals surface area contributed by atoms with E-state index in [9.17, 15) is 35.9 Å². The minimum Gasteiger partial charge on any atom is -0.490 e. The van der Waals surface area contributed by atoms with Crippen LogP contribution in [-0.2, 0) is 21.9 Å². The van der Waals surface area contributed by atoms with Gasteiger partial charge in [-0.3, -0.25) is 9.59 Å². The number of carbonyl (C=O) groups excluding carboxylic acids is 1. The molecule has 5 nitrogen and oxygen atoms in total. The standard InChI is InChI=1S/C29H29F6NO4S/c30-28(31,32)25-18(10-14-24(37)36-15-2-1-3-16-36)9-13-23(26(25)29(33,34)35)41-22-6-4-5-21(17-22)40-20-11-7-19(8-12-20)27(38)39/h4-6,9-10,13-14,17,19-20H,1-3,7-8,11-12,15-16H2,(H,38,39)/b14-10+/t19-,20+. The van der Waals surface area contributed by atoms with E-state index >= 15 is 0 Å². The van der Waals surface area contributed by atoms with Crippen molar-refractivity contribution in [3.05, 3.63) is 59.2 Å². The number of hydrogen-bond acceptors (Lipinski definition) is 4. The molecule has 222 valence electrons. The van der Waals surface area contributed by atoms with Crippen LogP contribution in [0, 0.1) is 5.92 Å². The third-order valence-electron chi connectivity index (χ3n) is 7.20. The van der Waals surface area contributed by atoms with E-state index in [-0.39, 0.29) is 11.0 Å². The quantitative estimate of drug-likeness (QED) is 0.258. The topological polar surface area (TPSA) is 66.8 Å². The van der Waals surface area contributed by atoms with Gasteiger partial charge in [0.1, 0.15) is 5.75 Å². The molecule has 2 aromatic rings. The van der Waals surface area contributed by atoms with Crippen molar-refractivity contribution in [1.29, 1.82) is 0 Å². The number of nitrogens with zero attached hydrogens (tertiary/aromatic N) is 1. The Morgan fingerprint density at radius 1 is 0.902 bits per heavy atom. The van der Waals surface area contributed by atoms with E-state index in [0.29, 0.717) is 56.3 Å². The largest absolute Gasteiger partial charge is 0.490 e. The number of amides is 1. The number of aliphatic carboxylic acids is 1. The maximum Gasteiger partial charge on any atom is 0.418 e. The minimum absolute atomic E-state index is 0.240. The first-order valence-corrected chi connectivity index (χ1v) is 14.1. The molecule has 1 saturated heterocycles. The first-order chi connectivity index (χ1) is 19.3. The Kier molecular flexibility index (Phi) is 9.61. The molecule has 0 unspecified atom stereocenters. The molecular formula is C29H29F6NO4S. The van der Waals surface area contributed by atoms with Crippen LogP contribution < -0.4 is 4.74 Å². The number of alkyl halides is 6. The molecule has 1 heterocycles. The number of carbonyl (C=O) groups is 2. The zero-order valence-corrected chi connectivity index (χ0v) is 22.7. The summed E-state index contributed by atoms with van der Waals surface area (Å²) in [5.41, 5.74) is -4.41. The van der Waals surface area contributed by atoms with Crippen LogP contribution in [0.25, 0.3) is 6.08 Å². The second-order valence-electron chi connectivity index (χ2n) is 10.1. The summed E-state index contributed by atoms with van der Waals surface area (Å²) in [5.74, 6) is -1.52. The number of benzene rings is 2. The fourth-order valence-electron chi connectivity index (χ4n) is 5.15. The summed E-state index contributed by atoms with van der Waals surface area (Å²) in [6.45, 7) is 0.899. The van der Waals surface area contributed by atoms with E-state index in [1.54, 1.807) is 6.07 Å². The van der Waals surface area contributed by atoms with Gasteiger partial charge >= 0.3 is 18.3 Å². The summed E-state index contributed by atoms with van der Waals surface area (Å²) in [4.78, 5) is 24.7. The van der Waals surface area contributed by atoms with Crippen molar-refractivity contribution in [3.8, 4) is 5.75 Å². The Labute approximate surface area is 237 Å². The lowest BCUT2D eigenvalue weighted by Crippen LogP contribution is -2.34. The number of likely N-dealkylation sites (tertiary alicyclic amines) is 1. The van der Waals surface area contributed by atoms with Gasteiger partial charge in [-0.2, -0.15) is 26.3 Å². The van der Waals surface area contributed by atoms with Crippen molar-refractivity contribution >= 4 is 29.7 Å². The highest BCUT2D eigenvalue weighted by Crippen LogP contribution is 2.48.